The number of rotatable bonds is 4. The number of hydrogen-bond donors (Lipinski definition) is 2. The van der Waals surface area contributed by atoms with Gasteiger partial charge in [-0.25, -0.2) is 4.98 Å². The van der Waals surface area contributed by atoms with E-state index in [1.165, 1.54) is 0 Å². The van der Waals surface area contributed by atoms with E-state index in [0.717, 1.165) is 73.2 Å². The van der Waals surface area contributed by atoms with Crippen molar-refractivity contribution in [3.05, 3.63) is 42.4 Å². The van der Waals surface area contributed by atoms with Crippen LogP contribution in [0.1, 0.15) is 44.6 Å². The van der Waals surface area contributed by atoms with Gasteiger partial charge in [0, 0.05) is 60.8 Å². The highest BCUT2D eigenvalue weighted by Crippen LogP contribution is 2.44. The molecule has 32 heavy (non-hydrogen) atoms. The zero-order chi connectivity index (χ0) is 21.7. The molecular formula is C24H27N7O. The average Bonchev–Trinajstić information content (AvgIpc) is 3.42. The molecule has 1 saturated heterocycles. The lowest BCUT2D eigenvalue weighted by Gasteiger charge is -2.45. The summed E-state index contributed by atoms with van der Waals surface area (Å²) in [6.07, 6.45) is 16.5. The van der Waals surface area contributed by atoms with E-state index in [2.05, 4.69) is 32.2 Å². The van der Waals surface area contributed by atoms with Crippen LogP contribution in [0.25, 0.3) is 11.0 Å². The minimum atomic E-state index is -0.257. The molecule has 1 atom stereocenters. The Hall–Kier alpha value is -3.29. The van der Waals surface area contributed by atoms with E-state index in [-0.39, 0.29) is 17.5 Å². The predicted molar refractivity (Wildman–Crippen MR) is 125 cm³/mol. The molecule has 1 saturated carbocycles. The lowest BCUT2D eigenvalue weighted by Crippen LogP contribution is -2.53. The van der Waals surface area contributed by atoms with Gasteiger partial charge in [0.2, 0.25) is 11.9 Å². The fourth-order valence-electron chi connectivity index (χ4n) is 5.31. The Balaban J connectivity index is 1.16. The number of carbonyl (C=O) groups excluding carboxylic acids is 1. The van der Waals surface area contributed by atoms with Crippen LogP contribution in [0.5, 0.6) is 0 Å². The standard InChI is InChI=1S/C24H27N7O/c1-24(22(32)31-8-2-3-9-31)11-17(12-24)29-23-27-14-19-18(13-26-21(19)30-23)20-5-4-15-10-16(28-20)6-7-25-15/h4-7,13-14,16-17H,2-3,8-12H2,1H3,(H2,26,27,29,30). The number of aliphatic imine (C=N–C) groups is 2. The Kier molecular flexibility index (Phi) is 4.48. The lowest BCUT2D eigenvalue weighted by atomic mass is 9.66. The maximum atomic E-state index is 12.8. The first kappa shape index (κ1) is 19.4. The third-order valence-corrected chi connectivity index (χ3v) is 7.05. The highest BCUT2D eigenvalue weighted by atomic mass is 16.2. The number of aromatic amines is 1. The van der Waals surface area contributed by atoms with Crippen molar-refractivity contribution in [2.75, 3.05) is 18.4 Å². The molecule has 0 spiro atoms. The summed E-state index contributed by atoms with van der Waals surface area (Å²) >= 11 is 0. The van der Waals surface area contributed by atoms with Gasteiger partial charge in [0.25, 0.3) is 0 Å². The van der Waals surface area contributed by atoms with E-state index < -0.39 is 0 Å². The van der Waals surface area contributed by atoms with Crippen LogP contribution in [0.2, 0.25) is 0 Å². The quantitative estimate of drug-likeness (QED) is 0.779. The van der Waals surface area contributed by atoms with Crippen LogP contribution in [-0.4, -0.2) is 62.4 Å². The normalized spacial score (nSPS) is 28.8. The van der Waals surface area contributed by atoms with Crippen molar-refractivity contribution in [3.8, 4) is 0 Å². The molecule has 0 aromatic carbocycles. The third-order valence-electron chi connectivity index (χ3n) is 7.05. The van der Waals surface area contributed by atoms with Crippen molar-refractivity contribution < 1.29 is 4.79 Å². The molecule has 0 radical (unpaired) electrons. The first-order valence-electron chi connectivity index (χ1n) is 11.5. The third kappa shape index (κ3) is 3.34. The molecule has 1 aliphatic carbocycles. The van der Waals surface area contributed by atoms with Gasteiger partial charge < -0.3 is 15.2 Å². The summed E-state index contributed by atoms with van der Waals surface area (Å²) < 4.78 is 0. The highest BCUT2D eigenvalue weighted by molar-refractivity contribution is 6.18. The number of fused-ring (bicyclic) bond motifs is 3. The number of aromatic nitrogens is 3. The van der Waals surface area contributed by atoms with Crippen LogP contribution in [-0.2, 0) is 4.79 Å². The number of allylic oxidation sites excluding steroid dienone is 2. The largest absolute Gasteiger partial charge is 0.351 e. The molecule has 1 amide bonds. The Labute approximate surface area is 186 Å². The Bertz CT molecular complexity index is 1190. The number of amides is 1. The second-order valence-electron chi connectivity index (χ2n) is 9.55. The van der Waals surface area contributed by atoms with Crippen molar-refractivity contribution >= 4 is 34.3 Å². The zero-order valence-corrected chi connectivity index (χ0v) is 18.2. The summed E-state index contributed by atoms with van der Waals surface area (Å²) in [6, 6.07) is 0.343. The van der Waals surface area contributed by atoms with Crippen LogP contribution in [0, 0.1) is 5.41 Å². The van der Waals surface area contributed by atoms with Crippen molar-refractivity contribution in [2.45, 2.75) is 51.1 Å². The van der Waals surface area contributed by atoms with Crippen LogP contribution in [0.4, 0.5) is 5.95 Å². The fourth-order valence-corrected chi connectivity index (χ4v) is 5.31. The number of H-pyrrole nitrogens is 1. The number of hydrogen-bond acceptors (Lipinski definition) is 6. The van der Waals surface area contributed by atoms with E-state index in [1.807, 2.05) is 41.7 Å². The maximum absolute atomic E-state index is 12.8. The van der Waals surface area contributed by atoms with Crippen molar-refractivity contribution in [2.24, 2.45) is 15.4 Å². The molecule has 3 aliphatic heterocycles. The molecule has 8 heteroatoms. The summed E-state index contributed by atoms with van der Waals surface area (Å²) in [4.78, 5) is 36.6. The minimum absolute atomic E-state index is 0.121. The molecular weight excluding hydrogens is 402 g/mol. The van der Waals surface area contributed by atoms with Gasteiger partial charge in [-0.2, -0.15) is 4.98 Å². The molecule has 5 heterocycles. The summed E-state index contributed by atoms with van der Waals surface area (Å²) in [6.45, 7) is 3.91. The van der Waals surface area contributed by atoms with Crippen molar-refractivity contribution in [3.63, 3.8) is 0 Å². The number of likely N-dealkylation sites (tertiary alicyclic amines) is 1. The van der Waals surface area contributed by atoms with Crippen LogP contribution >= 0.6 is 0 Å². The van der Waals surface area contributed by atoms with E-state index in [0.29, 0.717) is 11.9 Å². The molecule has 2 bridgehead atoms. The van der Waals surface area contributed by atoms with Gasteiger partial charge in [-0.3, -0.25) is 14.8 Å². The maximum Gasteiger partial charge on any atom is 0.228 e. The minimum Gasteiger partial charge on any atom is -0.351 e. The van der Waals surface area contributed by atoms with E-state index in [1.54, 1.807) is 0 Å². The number of nitrogens with one attached hydrogen (secondary N) is 2. The Morgan fingerprint density at radius 2 is 2.09 bits per heavy atom. The smallest absolute Gasteiger partial charge is 0.228 e. The van der Waals surface area contributed by atoms with Gasteiger partial charge >= 0.3 is 0 Å². The molecule has 8 nitrogen and oxygen atoms in total. The second kappa shape index (κ2) is 7.39. The van der Waals surface area contributed by atoms with Gasteiger partial charge in [-0.1, -0.05) is 6.92 Å². The molecule has 2 aromatic heterocycles. The summed E-state index contributed by atoms with van der Waals surface area (Å²) in [5.41, 5.74) is 3.49. The van der Waals surface area contributed by atoms with Crippen LogP contribution in [0.3, 0.4) is 0 Å². The van der Waals surface area contributed by atoms with Gasteiger partial charge in [-0.15, -0.1) is 0 Å². The van der Waals surface area contributed by atoms with Crippen molar-refractivity contribution in [1.82, 2.24) is 19.9 Å². The summed E-state index contributed by atoms with van der Waals surface area (Å²) in [5, 5.41) is 4.37. The Morgan fingerprint density at radius 3 is 2.94 bits per heavy atom. The zero-order valence-electron chi connectivity index (χ0n) is 18.2. The van der Waals surface area contributed by atoms with E-state index in [4.69, 9.17) is 4.99 Å². The predicted octanol–water partition coefficient (Wildman–Crippen LogP) is 3.25. The summed E-state index contributed by atoms with van der Waals surface area (Å²) in [7, 11) is 0. The molecule has 2 aromatic rings. The molecule has 2 fully saturated rings. The van der Waals surface area contributed by atoms with Gasteiger partial charge in [0.1, 0.15) is 5.65 Å². The van der Waals surface area contributed by atoms with Crippen LogP contribution < -0.4 is 5.32 Å². The van der Waals surface area contributed by atoms with Gasteiger partial charge in [-0.05, 0) is 43.9 Å². The molecule has 6 rings (SSSR count). The van der Waals surface area contributed by atoms with E-state index in [9.17, 15) is 4.79 Å². The van der Waals surface area contributed by atoms with Gasteiger partial charge in [0.15, 0.2) is 0 Å². The monoisotopic (exact) mass is 429 g/mol. The highest BCUT2D eigenvalue weighted by Gasteiger charge is 2.48. The SMILES string of the molecule is CC1(C(=O)N2CCCC2)CC(Nc2ncc3c(C4=NC5C=CN=C(C=C4)C5)c[nH]c3n2)C1. The molecule has 164 valence electrons. The second-order valence-corrected chi connectivity index (χ2v) is 9.55. The number of nitrogens with zero attached hydrogens (tertiary/aromatic N) is 5. The average molecular weight is 430 g/mol. The first-order chi connectivity index (χ1) is 15.6. The number of anilines is 1. The summed E-state index contributed by atoms with van der Waals surface area (Å²) in [5.74, 6) is 0.902. The van der Waals surface area contributed by atoms with Crippen molar-refractivity contribution in [1.29, 1.82) is 0 Å². The van der Waals surface area contributed by atoms with E-state index >= 15 is 0 Å². The first-order valence-corrected chi connectivity index (χ1v) is 11.5. The number of carbonyl (C=O) groups is 1. The Morgan fingerprint density at radius 1 is 1.25 bits per heavy atom. The topological polar surface area (TPSA) is 98.6 Å². The molecule has 4 aliphatic rings. The lowest BCUT2D eigenvalue weighted by molar-refractivity contribution is -0.145. The molecule has 1 unspecified atom stereocenters. The van der Waals surface area contributed by atoms with Gasteiger partial charge in [0.05, 0.1) is 17.2 Å². The molecule has 2 N–H and O–H groups in total. The fraction of sp³-hybridized carbons (Fsp3) is 0.458. The van der Waals surface area contributed by atoms with Crippen LogP contribution in [0.15, 0.2) is 46.8 Å².